The fraction of sp³-hybridized carbons (Fsp3) is 0.259. The molecule has 0 saturated carbocycles. The Morgan fingerprint density at radius 1 is 1.00 bits per heavy atom. The van der Waals surface area contributed by atoms with Crippen LogP contribution < -0.4 is 15.5 Å². The molecule has 198 valence electrons. The highest BCUT2D eigenvalue weighted by Crippen LogP contribution is 2.29. The third-order valence-corrected chi connectivity index (χ3v) is 8.42. The van der Waals surface area contributed by atoms with Gasteiger partial charge in [0.15, 0.2) is 5.82 Å². The Balaban J connectivity index is 1.43. The summed E-state index contributed by atoms with van der Waals surface area (Å²) in [7, 11) is -1.67. The van der Waals surface area contributed by atoms with Gasteiger partial charge in [-0.1, -0.05) is 18.2 Å². The first kappa shape index (κ1) is 25.7. The molecule has 1 aliphatic rings. The number of piperazine rings is 1. The average molecular weight is 537 g/mol. The SMILES string of the molecule is CN1CCN(c2ccc(C(=O)Nc3n[nH]c4ccc(S(=O)(=O)c5ccccc5)cc34)c(NCCF)c2)CC1. The van der Waals surface area contributed by atoms with Crippen LogP contribution in [0.4, 0.5) is 21.6 Å². The van der Waals surface area contributed by atoms with E-state index in [9.17, 15) is 17.6 Å². The van der Waals surface area contributed by atoms with Crippen LogP contribution >= 0.6 is 0 Å². The second-order valence-corrected chi connectivity index (χ2v) is 11.1. The summed E-state index contributed by atoms with van der Waals surface area (Å²) in [5, 5.41) is 13.3. The van der Waals surface area contributed by atoms with Crippen LogP contribution in [-0.4, -0.2) is 75.9 Å². The second kappa shape index (κ2) is 10.8. The van der Waals surface area contributed by atoms with E-state index in [1.54, 1.807) is 30.3 Å². The smallest absolute Gasteiger partial charge is 0.258 e. The number of nitrogens with zero attached hydrogens (tertiary/aromatic N) is 3. The predicted octanol–water partition coefficient (Wildman–Crippen LogP) is 3.78. The van der Waals surface area contributed by atoms with E-state index in [1.807, 2.05) is 12.1 Å². The molecule has 1 aromatic heterocycles. The van der Waals surface area contributed by atoms with E-state index in [0.717, 1.165) is 31.9 Å². The lowest BCUT2D eigenvalue weighted by Crippen LogP contribution is -2.44. The van der Waals surface area contributed by atoms with Gasteiger partial charge in [-0.25, -0.2) is 12.8 Å². The van der Waals surface area contributed by atoms with Crippen LogP contribution in [-0.2, 0) is 9.84 Å². The molecule has 1 amide bonds. The van der Waals surface area contributed by atoms with Crippen molar-refractivity contribution in [1.29, 1.82) is 0 Å². The highest BCUT2D eigenvalue weighted by Gasteiger charge is 2.21. The average Bonchev–Trinajstić information content (AvgIpc) is 3.34. The molecule has 1 fully saturated rings. The van der Waals surface area contributed by atoms with Gasteiger partial charge in [0.2, 0.25) is 9.84 Å². The number of aromatic amines is 1. The Morgan fingerprint density at radius 3 is 2.50 bits per heavy atom. The number of hydrogen-bond acceptors (Lipinski definition) is 7. The first-order chi connectivity index (χ1) is 18.4. The maximum Gasteiger partial charge on any atom is 0.258 e. The number of aromatic nitrogens is 2. The number of sulfone groups is 1. The first-order valence-electron chi connectivity index (χ1n) is 12.3. The lowest BCUT2D eigenvalue weighted by atomic mass is 10.1. The van der Waals surface area contributed by atoms with Crippen molar-refractivity contribution in [3.63, 3.8) is 0 Å². The van der Waals surface area contributed by atoms with Crippen LogP contribution in [0.15, 0.2) is 76.5 Å². The zero-order chi connectivity index (χ0) is 26.7. The van der Waals surface area contributed by atoms with Gasteiger partial charge in [-0.3, -0.25) is 9.89 Å². The van der Waals surface area contributed by atoms with E-state index in [2.05, 4.69) is 37.7 Å². The summed E-state index contributed by atoms with van der Waals surface area (Å²) in [6.07, 6.45) is 0. The summed E-state index contributed by atoms with van der Waals surface area (Å²) in [4.78, 5) is 18.1. The van der Waals surface area contributed by atoms with E-state index >= 15 is 0 Å². The largest absolute Gasteiger partial charge is 0.382 e. The Morgan fingerprint density at radius 2 is 1.76 bits per heavy atom. The fourth-order valence-corrected chi connectivity index (χ4v) is 5.79. The molecule has 1 aliphatic heterocycles. The molecule has 3 aromatic carbocycles. The summed E-state index contributed by atoms with van der Waals surface area (Å²) in [5.74, 6) is -0.240. The van der Waals surface area contributed by atoms with E-state index in [-0.39, 0.29) is 22.2 Å². The van der Waals surface area contributed by atoms with Crippen molar-refractivity contribution < 1.29 is 17.6 Å². The molecule has 0 aliphatic carbocycles. The van der Waals surface area contributed by atoms with Crippen LogP contribution in [0.2, 0.25) is 0 Å². The number of anilines is 3. The second-order valence-electron chi connectivity index (χ2n) is 9.19. The fourth-order valence-electron chi connectivity index (χ4n) is 4.49. The summed E-state index contributed by atoms with van der Waals surface area (Å²) < 4.78 is 39.2. The number of alkyl halides is 1. The molecule has 0 atom stereocenters. The van der Waals surface area contributed by atoms with Gasteiger partial charge in [0.25, 0.3) is 5.91 Å². The number of rotatable bonds is 8. The van der Waals surface area contributed by atoms with E-state index in [1.165, 1.54) is 24.3 Å². The number of halogens is 1. The number of likely N-dealkylation sites (N-methyl/N-ethyl adjacent to an activating group) is 1. The molecule has 4 aromatic rings. The topological polar surface area (TPSA) is 110 Å². The minimum absolute atomic E-state index is 0.0680. The number of benzene rings is 3. The molecule has 1 saturated heterocycles. The van der Waals surface area contributed by atoms with Crippen LogP contribution in [0, 0.1) is 0 Å². The van der Waals surface area contributed by atoms with Crippen molar-refractivity contribution in [2.45, 2.75) is 9.79 Å². The molecule has 0 bridgehead atoms. The summed E-state index contributed by atoms with van der Waals surface area (Å²) >= 11 is 0. The van der Waals surface area contributed by atoms with Crippen molar-refractivity contribution in [1.82, 2.24) is 15.1 Å². The number of fused-ring (bicyclic) bond motifs is 1. The van der Waals surface area contributed by atoms with Gasteiger partial charge in [-0.05, 0) is 55.6 Å². The molecule has 0 radical (unpaired) electrons. The number of H-pyrrole nitrogens is 1. The maximum absolute atomic E-state index is 13.3. The Kier molecular flexibility index (Phi) is 7.30. The number of hydrogen-bond donors (Lipinski definition) is 3. The van der Waals surface area contributed by atoms with Gasteiger partial charge in [0.1, 0.15) is 6.67 Å². The zero-order valence-electron chi connectivity index (χ0n) is 20.9. The molecular formula is C27H29FN6O3S. The van der Waals surface area contributed by atoms with Crippen molar-refractivity contribution in [2.75, 3.05) is 62.0 Å². The van der Waals surface area contributed by atoms with Crippen LogP contribution in [0.3, 0.4) is 0 Å². The number of carbonyl (C=O) groups is 1. The third kappa shape index (κ3) is 5.20. The number of amides is 1. The van der Waals surface area contributed by atoms with E-state index < -0.39 is 22.4 Å². The maximum atomic E-state index is 13.3. The molecular weight excluding hydrogens is 507 g/mol. The highest BCUT2D eigenvalue weighted by molar-refractivity contribution is 7.91. The zero-order valence-corrected chi connectivity index (χ0v) is 21.8. The molecule has 2 heterocycles. The Hall–Kier alpha value is -3.96. The Labute approximate surface area is 220 Å². The van der Waals surface area contributed by atoms with Gasteiger partial charge in [0, 0.05) is 49.5 Å². The Bertz CT molecular complexity index is 1550. The van der Waals surface area contributed by atoms with Gasteiger partial charge in [0.05, 0.1) is 20.9 Å². The van der Waals surface area contributed by atoms with Gasteiger partial charge < -0.3 is 20.4 Å². The van der Waals surface area contributed by atoms with E-state index in [0.29, 0.717) is 22.2 Å². The van der Waals surface area contributed by atoms with Crippen LogP contribution in [0.25, 0.3) is 10.9 Å². The van der Waals surface area contributed by atoms with Crippen molar-refractivity contribution >= 4 is 43.8 Å². The molecule has 9 nitrogen and oxygen atoms in total. The minimum atomic E-state index is -3.75. The van der Waals surface area contributed by atoms with Crippen molar-refractivity contribution in [3.05, 3.63) is 72.3 Å². The monoisotopic (exact) mass is 536 g/mol. The molecule has 38 heavy (non-hydrogen) atoms. The van der Waals surface area contributed by atoms with Gasteiger partial charge in [-0.15, -0.1) is 0 Å². The van der Waals surface area contributed by atoms with Gasteiger partial charge in [-0.2, -0.15) is 5.10 Å². The minimum Gasteiger partial charge on any atom is -0.382 e. The van der Waals surface area contributed by atoms with Crippen LogP contribution in [0.5, 0.6) is 0 Å². The first-order valence-corrected chi connectivity index (χ1v) is 13.8. The lowest BCUT2D eigenvalue weighted by Gasteiger charge is -2.34. The molecule has 0 unspecified atom stereocenters. The standard InChI is InChI=1S/C27H29FN6O3S/c1-33-13-15-34(16-14-33)19-7-9-22(25(17-19)29-12-11-28)27(35)30-26-23-18-21(8-10-24(23)31-32-26)38(36,37)20-5-3-2-4-6-20/h2-10,17-18,29H,11-16H2,1H3,(H2,30,31,32,35). The third-order valence-electron chi connectivity index (χ3n) is 6.66. The molecule has 5 rings (SSSR count). The quantitative estimate of drug-likeness (QED) is 0.314. The predicted molar refractivity (Wildman–Crippen MR) is 147 cm³/mol. The number of carbonyl (C=O) groups excluding carboxylic acids is 1. The normalized spacial score (nSPS) is 14.5. The number of nitrogens with one attached hydrogen (secondary N) is 3. The van der Waals surface area contributed by atoms with Crippen molar-refractivity contribution in [2.24, 2.45) is 0 Å². The summed E-state index contributed by atoms with van der Waals surface area (Å²) in [6, 6.07) is 18.2. The molecule has 11 heteroatoms. The van der Waals surface area contributed by atoms with Crippen LogP contribution in [0.1, 0.15) is 10.4 Å². The van der Waals surface area contributed by atoms with Crippen molar-refractivity contribution in [3.8, 4) is 0 Å². The molecule has 0 spiro atoms. The lowest BCUT2D eigenvalue weighted by molar-refractivity contribution is 0.102. The van der Waals surface area contributed by atoms with Gasteiger partial charge >= 0.3 is 0 Å². The summed E-state index contributed by atoms with van der Waals surface area (Å²) in [6.45, 7) is 3.07. The van der Waals surface area contributed by atoms with E-state index in [4.69, 9.17) is 0 Å². The highest BCUT2D eigenvalue weighted by atomic mass is 32.2. The summed E-state index contributed by atoms with van der Waals surface area (Å²) in [5.41, 5.74) is 2.38. The molecule has 3 N–H and O–H groups in total.